The molecule has 3 rings (SSSR count). The minimum atomic E-state index is -4.51. The van der Waals surface area contributed by atoms with Crippen LogP contribution < -0.4 is 0 Å². The molecule has 0 spiro atoms. The number of carbonyl (C=O) groups excluding carboxylic acids is 1. The Balaban J connectivity index is 1.83. The Morgan fingerprint density at radius 2 is 1.89 bits per heavy atom. The number of hydrogen-bond donors (Lipinski definition) is 1. The molecule has 1 fully saturated rings. The van der Waals surface area contributed by atoms with Crippen molar-refractivity contribution in [3.63, 3.8) is 0 Å². The molecule has 1 aliphatic carbocycles. The summed E-state index contributed by atoms with van der Waals surface area (Å²) in [4.78, 5) is 29.5. The Bertz CT molecular complexity index is 873. The van der Waals surface area contributed by atoms with Crippen LogP contribution in [0.15, 0.2) is 24.5 Å². The molecule has 2 heterocycles. The van der Waals surface area contributed by atoms with Gasteiger partial charge in [0.2, 0.25) is 0 Å². The molecule has 1 saturated carbocycles. The first-order chi connectivity index (χ1) is 13.1. The molecule has 0 unspecified atom stereocenters. The van der Waals surface area contributed by atoms with E-state index in [2.05, 4.69) is 15.3 Å². The standard InChI is InChI=1S/C17H18F3N5O3/c1-24(16(15(27)28)7-3-2-4-8-16)14(26)12-10-25(23-22-12)13-6-5-11(9-21-13)17(18,19)20/h5-6,9-10H,2-4,7-8H2,1H3,(H,27,28). The van der Waals surface area contributed by atoms with Crippen molar-refractivity contribution in [3.05, 3.63) is 35.8 Å². The lowest BCUT2D eigenvalue weighted by Crippen LogP contribution is -2.56. The fraction of sp³-hybridized carbons (Fsp3) is 0.471. The third-order valence-electron chi connectivity index (χ3n) is 5.05. The summed E-state index contributed by atoms with van der Waals surface area (Å²) in [5, 5.41) is 17.2. The van der Waals surface area contributed by atoms with E-state index in [-0.39, 0.29) is 11.5 Å². The van der Waals surface area contributed by atoms with Gasteiger partial charge in [0.25, 0.3) is 5.91 Å². The molecule has 2 aromatic rings. The van der Waals surface area contributed by atoms with Gasteiger partial charge in [-0.1, -0.05) is 24.5 Å². The first-order valence-corrected chi connectivity index (χ1v) is 8.63. The Morgan fingerprint density at radius 1 is 1.21 bits per heavy atom. The molecule has 8 nitrogen and oxygen atoms in total. The molecule has 28 heavy (non-hydrogen) atoms. The minimum Gasteiger partial charge on any atom is -0.479 e. The number of aromatic nitrogens is 4. The van der Waals surface area contributed by atoms with E-state index < -0.39 is 29.2 Å². The summed E-state index contributed by atoms with van der Waals surface area (Å²) in [7, 11) is 1.41. The number of nitrogens with zero attached hydrogens (tertiary/aromatic N) is 5. The zero-order chi connectivity index (χ0) is 20.5. The maximum absolute atomic E-state index is 12.8. The number of aliphatic carboxylic acids is 1. The van der Waals surface area contributed by atoms with Crippen LogP contribution in [0.2, 0.25) is 0 Å². The van der Waals surface area contributed by atoms with E-state index in [9.17, 15) is 27.9 Å². The van der Waals surface area contributed by atoms with Crippen LogP contribution in [0.3, 0.4) is 0 Å². The van der Waals surface area contributed by atoms with Crippen LogP contribution in [0.1, 0.15) is 48.2 Å². The smallest absolute Gasteiger partial charge is 0.417 e. The van der Waals surface area contributed by atoms with Crippen molar-refractivity contribution in [1.29, 1.82) is 0 Å². The van der Waals surface area contributed by atoms with Crippen LogP contribution in [0.5, 0.6) is 0 Å². The maximum Gasteiger partial charge on any atom is 0.417 e. The van der Waals surface area contributed by atoms with Crippen molar-refractivity contribution in [2.45, 2.75) is 43.8 Å². The predicted molar refractivity (Wildman–Crippen MR) is 89.7 cm³/mol. The van der Waals surface area contributed by atoms with Crippen molar-refractivity contribution < 1.29 is 27.9 Å². The van der Waals surface area contributed by atoms with Crippen molar-refractivity contribution in [2.75, 3.05) is 7.05 Å². The first kappa shape index (κ1) is 19.8. The first-order valence-electron chi connectivity index (χ1n) is 8.63. The molecule has 11 heteroatoms. The van der Waals surface area contributed by atoms with E-state index in [0.29, 0.717) is 31.9 Å². The van der Waals surface area contributed by atoms with Gasteiger partial charge >= 0.3 is 12.1 Å². The van der Waals surface area contributed by atoms with Gasteiger partial charge in [-0.2, -0.15) is 13.2 Å². The molecule has 1 N–H and O–H groups in total. The SMILES string of the molecule is CN(C(=O)c1cn(-c2ccc(C(F)(F)F)cn2)nn1)C1(C(=O)O)CCCCC1. The van der Waals surface area contributed by atoms with E-state index in [1.165, 1.54) is 18.1 Å². The number of amides is 1. The van der Waals surface area contributed by atoms with Crippen molar-refractivity contribution >= 4 is 11.9 Å². The Morgan fingerprint density at radius 3 is 2.43 bits per heavy atom. The average molecular weight is 397 g/mol. The number of alkyl halides is 3. The monoisotopic (exact) mass is 397 g/mol. The van der Waals surface area contributed by atoms with Crippen molar-refractivity contribution in [1.82, 2.24) is 24.9 Å². The molecule has 0 radical (unpaired) electrons. The zero-order valence-corrected chi connectivity index (χ0v) is 15.0. The summed E-state index contributed by atoms with van der Waals surface area (Å²) < 4.78 is 38.9. The molecule has 0 aliphatic heterocycles. The topological polar surface area (TPSA) is 101 Å². The lowest BCUT2D eigenvalue weighted by atomic mass is 9.80. The van der Waals surface area contributed by atoms with Gasteiger partial charge in [0.15, 0.2) is 11.5 Å². The van der Waals surface area contributed by atoms with Gasteiger partial charge in [0, 0.05) is 13.2 Å². The number of pyridine rings is 1. The Kier molecular flexibility index (Phi) is 5.09. The lowest BCUT2D eigenvalue weighted by Gasteiger charge is -2.40. The molecular formula is C17H18F3N5O3. The van der Waals surface area contributed by atoms with E-state index in [4.69, 9.17) is 0 Å². The molecule has 0 saturated heterocycles. The van der Waals surface area contributed by atoms with Crippen LogP contribution in [-0.2, 0) is 11.0 Å². The third kappa shape index (κ3) is 3.56. The molecule has 0 bridgehead atoms. The Hall–Kier alpha value is -2.98. The van der Waals surface area contributed by atoms with Gasteiger partial charge in [-0.3, -0.25) is 4.79 Å². The lowest BCUT2D eigenvalue weighted by molar-refractivity contribution is -0.151. The zero-order valence-electron chi connectivity index (χ0n) is 15.0. The van der Waals surface area contributed by atoms with Crippen LogP contribution in [0.25, 0.3) is 5.82 Å². The molecule has 0 atom stereocenters. The molecule has 0 aromatic carbocycles. The Labute approximate surface area is 158 Å². The fourth-order valence-electron chi connectivity index (χ4n) is 3.36. The molecule has 2 aromatic heterocycles. The number of rotatable bonds is 4. The summed E-state index contributed by atoms with van der Waals surface area (Å²) in [5.74, 6) is -1.64. The van der Waals surface area contributed by atoms with Crippen molar-refractivity contribution in [2.24, 2.45) is 0 Å². The second-order valence-electron chi connectivity index (χ2n) is 6.71. The summed E-state index contributed by atoms with van der Waals surface area (Å²) in [6.45, 7) is 0. The van der Waals surface area contributed by atoms with E-state index in [1.807, 2.05) is 0 Å². The fourth-order valence-corrected chi connectivity index (χ4v) is 3.36. The van der Waals surface area contributed by atoms with Gasteiger partial charge in [-0.25, -0.2) is 14.5 Å². The number of halogens is 3. The highest BCUT2D eigenvalue weighted by Crippen LogP contribution is 2.34. The quantitative estimate of drug-likeness (QED) is 0.851. The predicted octanol–water partition coefficient (Wildman–Crippen LogP) is 2.54. The highest BCUT2D eigenvalue weighted by molar-refractivity contribution is 5.96. The van der Waals surface area contributed by atoms with Gasteiger partial charge < -0.3 is 10.0 Å². The molecule has 1 amide bonds. The maximum atomic E-state index is 12.8. The van der Waals surface area contributed by atoms with E-state index >= 15 is 0 Å². The summed E-state index contributed by atoms with van der Waals surface area (Å²) in [6.07, 6.45) is 0.366. The van der Waals surface area contributed by atoms with Crippen LogP contribution in [-0.4, -0.2) is 54.4 Å². The number of hydrogen-bond acceptors (Lipinski definition) is 5. The average Bonchev–Trinajstić information content (AvgIpc) is 3.17. The normalized spacial score (nSPS) is 16.6. The van der Waals surface area contributed by atoms with Crippen molar-refractivity contribution in [3.8, 4) is 5.82 Å². The largest absolute Gasteiger partial charge is 0.479 e. The number of carboxylic acids is 1. The summed E-state index contributed by atoms with van der Waals surface area (Å²) >= 11 is 0. The highest BCUT2D eigenvalue weighted by Gasteiger charge is 2.46. The highest BCUT2D eigenvalue weighted by atomic mass is 19.4. The van der Waals surface area contributed by atoms with Gasteiger partial charge in [0.1, 0.15) is 5.54 Å². The molecule has 1 aliphatic rings. The van der Waals surface area contributed by atoms with Crippen LogP contribution in [0, 0.1) is 0 Å². The third-order valence-corrected chi connectivity index (χ3v) is 5.05. The van der Waals surface area contributed by atoms with Gasteiger partial charge in [0.05, 0.1) is 11.8 Å². The van der Waals surface area contributed by atoms with Gasteiger partial charge in [-0.05, 0) is 25.0 Å². The number of carboxylic acid groups (broad SMARTS) is 1. The van der Waals surface area contributed by atoms with E-state index in [1.54, 1.807) is 0 Å². The second kappa shape index (κ2) is 7.21. The van der Waals surface area contributed by atoms with Crippen LogP contribution in [0.4, 0.5) is 13.2 Å². The molecular weight excluding hydrogens is 379 g/mol. The summed E-state index contributed by atoms with van der Waals surface area (Å²) in [6, 6.07) is 1.95. The summed E-state index contributed by atoms with van der Waals surface area (Å²) in [5.41, 5.74) is -2.32. The number of likely N-dealkylation sites (N-methyl/N-ethyl adjacent to an activating group) is 1. The number of carbonyl (C=O) groups is 2. The van der Waals surface area contributed by atoms with E-state index in [0.717, 1.165) is 23.2 Å². The molecule has 150 valence electrons. The van der Waals surface area contributed by atoms with Crippen LogP contribution >= 0.6 is 0 Å². The second-order valence-corrected chi connectivity index (χ2v) is 6.71. The minimum absolute atomic E-state index is 0.0489. The van der Waals surface area contributed by atoms with Gasteiger partial charge in [-0.15, -0.1) is 5.10 Å².